The van der Waals surface area contributed by atoms with Gasteiger partial charge in [-0.3, -0.25) is 4.90 Å². The maximum atomic E-state index is 5.09. The Hall–Kier alpha value is -3.65. The van der Waals surface area contributed by atoms with E-state index in [1.54, 1.807) is 0 Å². The van der Waals surface area contributed by atoms with Gasteiger partial charge in [0.05, 0.1) is 5.69 Å². The molecule has 142 valence electrons. The van der Waals surface area contributed by atoms with E-state index in [1.165, 1.54) is 11.1 Å². The number of benzene rings is 4. The van der Waals surface area contributed by atoms with E-state index < -0.39 is 0 Å². The van der Waals surface area contributed by atoms with Gasteiger partial charge in [0.2, 0.25) is 0 Å². The second-order valence-electron chi connectivity index (χ2n) is 7.14. The number of amidine groups is 1. The predicted molar refractivity (Wildman–Crippen MR) is 124 cm³/mol. The Morgan fingerprint density at radius 1 is 0.552 bits per heavy atom. The Balaban J connectivity index is 1.93. The average molecular weight is 377 g/mol. The van der Waals surface area contributed by atoms with Gasteiger partial charge in [0.25, 0.3) is 0 Å². The van der Waals surface area contributed by atoms with Crippen LogP contribution < -0.4 is 4.90 Å². The molecule has 4 rings (SSSR count). The van der Waals surface area contributed by atoms with Crippen LogP contribution in [0.1, 0.15) is 16.7 Å². The molecule has 0 spiro atoms. The maximum absolute atomic E-state index is 5.09. The lowest BCUT2D eigenvalue weighted by Crippen LogP contribution is -2.26. The topological polar surface area (TPSA) is 15.6 Å². The quantitative estimate of drug-likeness (QED) is 0.271. The highest BCUT2D eigenvalue weighted by molar-refractivity contribution is 6.15. The lowest BCUT2D eigenvalue weighted by atomic mass is 10.1. The summed E-state index contributed by atoms with van der Waals surface area (Å²) in [6.07, 6.45) is 0. The van der Waals surface area contributed by atoms with Crippen molar-refractivity contribution in [1.29, 1.82) is 0 Å². The molecule has 0 saturated heterocycles. The van der Waals surface area contributed by atoms with Crippen LogP contribution in [0.3, 0.4) is 0 Å². The van der Waals surface area contributed by atoms with Crippen LogP contribution >= 0.6 is 0 Å². The summed E-state index contributed by atoms with van der Waals surface area (Å²) in [5.74, 6) is 0.893. The molecule has 0 aromatic heterocycles. The van der Waals surface area contributed by atoms with Crippen molar-refractivity contribution >= 4 is 22.9 Å². The smallest absolute Gasteiger partial charge is 0.145 e. The summed E-state index contributed by atoms with van der Waals surface area (Å²) >= 11 is 0. The molecule has 0 aliphatic rings. The van der Waals surface area contributed by atoms with E-state index in [4.69, 9.17) is 4.99 Å². The van der Waals surface area contributed by atoms with Crippen molar-refractivity contribution in [3.63, 3.8) is 0 Å². The zero-order chi connectivity index (χ0) is 20.1. The summed E-state index contributed by atoms with van der Waals surface area (Å²) in [7, 11) is 0. The van der Waals surface area contributed by atoms with Crippen LogP contribution in [0.25, 0.3) is 0 Å². The van der Waals surface area contributed by atoms with Crippen LogP contribution in [-0.2, 0) is 0 Å². The summed E-state index contributed by atoms with van der Waals surface area (Å²) in [6.45, 7) is 4.20. The molecular formula is C27H24N2. The number of hydrogen-bond acceptors (Lipinski definition) is 1. The molecule has 29 heavy (non-hydrogen) atoms. The van der Waals surface area contributed by atoms with E-state index in [1.807, 2.05) is 12.1 Å². The van der Waals surface area contributed by atoms with Crippen LogP contribution in [-0.4, -0.2) is 5.84 Å². The molecule has 0 heterocycles. The van der Waals surface area contributed by atoms with Gasteiger partial charge in [-0.05, 0) is 50.2 Å². The normalized spacial score (nSPS) is 11.3. The number of nitrogens with zero attached hydrogens (tertiary/aromatic N) is 2. The molecule has 0 amide bonds. The highest BCUT2D eigenvalue weighted by atomic mass is 15.2. The van der Waals surface area contributed by atoms with Gasteiger partial charge in [-0.15, -0.1) is 0 Å². The largest absolute Gasteiger partial charge is 0.295 e. The zero-order valence-corrected chi connectivity index (χ0v) is 16.8. The fraction of sp³-hybridized carbons (Fsp3) is 0.0741. The third kappa shape index (κ3) is 4.44. The summed E-state index contributed by atoms with van der Waals surface area (Å²) in [5, 5.41) is 0. The molecule has 0 fully saturated rings. The van der Waals surface area contributed by atoms with E-state index in [0.29, 0.717) is 0 Å². The first kappa shape index (κ1) is 18.7. The van der Waals surface area contributed by atoms with Gasteiger partial charge >= 0.3 is 0 Å². The molecule has 2 nitrogen and oxygen atoms in total. The average Bonchev–Trinajstić information content (AvgIpc) is 2.77. The molecule has 4 aromatic carbocycles. The first-order valence-corrected chi connectivity index (χ1v) is 9.83. The van der Waals surface area contributed by atoms with Crippen LogP contribution in [0.5, 0.6) is 0 Å². The van der Waals surface area contributed by atoms with E-state index in [0.717, 1.165) is 28.5 Å². The second-order valence-corrected chi connectivity index (χ2v) is 7.14. The third-order valence-electron chi connectivity index (χ3n) is 4.82. The number of hydrogen-bond donors (Lipinski definition) is 0. The summed E-state index contributed by atoms with van der Waals surface area (Å²) < 4.78 is 0. The first-order valence-electron chi connectivity index (χ1n) is 9.83. The minimum Gasteiger partial charge on any atom is -0.295 e. The molecular weight excluding hydrogens is 352 g/mol. The fourth-order valence-electron chi connectivity index (χ4n) is 3.24. The molecule has 0 N–H and O–H groups in total. The summed E-state index contributed by atoms with van der Waals surface area (Å²) in [6, 6.07) is 37.7. The highest BCUT2D eigenvalue weighted by Gasteiger charge is 2.18. The molecule has 0 radical (unpaired) electrons. The highest BCUT2D eigenvalue weighted by Crippen LogP contribution is 2.30. The number of aryl methyl sites for hydroxylation is 2. The van der Waals surface area contributed by atoms with Crippen molar-refractivity contribution in [3.8, 4) is 0 Å². The van der Waals surface area contributed by atoms with Gasteiger partial charge in [-0.25, -0.2) is 4.99 Å². The Bertz CT molecular complexity index is 1080. The van der Waals surface area contributed by atoms with Crippen LogP contribution in [0.15, 0.2) is 114 Å². The molecule has 0 saturated carbocycles. The van der Waals surface area contributed by atoms with Crippen LogP contribution in [0.2, 0.25) is 0 Å². The van der Waals surface area contributed by atoms with E-state index >= 15 is 0 Å². The minimum absolute atomic E-state index is 0.893. The van der Waals surface area contributed by atoms with E-state index in [2.05, 4.69) is 116 Å². The number of para-hydroxylation sites is 1. The van der Waals surface area contributed by atoms with Crippen molar-refractivity contribution in [2.45, 2.75) is 13.8 Å². The lowest BCUT2D eigenvalue weighted by molar-refractivity contribution is 1.29. The Morgan fingerprint density at radius 3 is 1.62 bits per heavy atom. The zero-order valence-electron chi connectivity index (χ0n) is 16.8. The van der Waals surface area contributed by atoms with E-state index in [9.17, 15) is 0 Å². The monoisotopic (exact) mass is 376 g/mol. The number of rotatable bonds is 4. The molecule has 2 heteroatoms. The van der Waals surface area contributed by atoms with E-state index in [-0.39, 0.29) is 0 Å². The third-order valence-corrected chi connectivity index (χ3v) is 4.82. The molecule has 0 aliphatic carbocycles. The lowest BCUT2D eigenvalue weighted by Gasteiger charge is -2.27. The number of aliphatic imine (C=N–C) groups is 1. The minimum atomic E-state index is 0.893. The molecule has 0 aliphatic heterocycles. The van der Waals surface area contributed by atoms with Gasteiger partial charge in [0.1, 0.15) is 5.84 Å². The van der Waals surface area contributed by atoms with Gasteiger partial charge in [0.15, 0.2) is 0 Å². The second kappa shape index (κ2) is 8.57. The maximum Gasteiger partial charge on any atom is 0.145 e. The van der Waals surface area contributed by atoms with Crippen LogP contribution in [0, 0.1) is 13.8 Å². The van der Waals surface area contributed by atoms with Crippen molar-refractivity contribution in [3.05, 3.63) is 126 Å². The fourth-order valence-corrected chi connectivity index (χ4v) is 3.24. The molecule has 0 atom stereocenters. The van der Waals surface area contributed by atoms with Crippen molar-refractivity contribution in [2.24, 2.45) is 4.99 Å². The first-order chi connectivity index (χ1) is 14.2. The van der Waals surface area contributed by atoms with Crippen molar-refractivity contribution in [1.82, 2.24) is 0 Å². The van der Waals surface area contributed by atoms with Gasteiger partial charge in [-0.1, -0.05) is 83.9 Å². The van der Waals surface area contributed by atoms with Gasteiger partial charge < -0.3 is 0 Å². The SMILES string of the molecule is Cc1ccc(N=C(c2ccccc2)N(c2ccccc2)c2ccc(C)cc2)cc1. The number of anilines is 2. The molecule has 0 unspecified atom stereocenters. The van der Waals surface area contributed by atoms with Gasteiger partial charge in [-0.2, -0.15) is 0 Å². The Kier molecular flexibility index (Phi) is 5.53. The van der Waals surface area contributed by atoms with Gasteiger partial charge in [0, 0.05) is 16.9 Å². The van der Waals surface area contributed by atoms with Crippen molar-refractivity contribution < 1.29 is 0 Å². The Morgan fingerprint density at radius 2 is 1.03 bits per heavy atom. The van der Waals surface area contributed by atoms with Crippen molar-refractivity contribution in [2.75, 3.05) is 4.90 Å². The predicted octanol–water partition coefficient (Wildman–Crippen LogP) is 7.22. The molecule has 0 bridgehead atoms. The summed E-state index contributed by atoms with van der Waals surface area (Å²) in [5.41, 5.74) is 6.62. The molecule has 4 aromatic rings. The van der Waals surface area contributed by atoms with Crippen LogP contribution in [0.4, 0.5) is 17.1 Å². The summed E-state index contributed by atoms with van der Waals surface area (Å²) in [4.78, 5) is 7.30. The Labute approximate surface area is 172 Å². The standard InChI is InChI=1S/C27H24N2/c1-21-13-17-24(18-14-21)28-27(23-9-5-3-6-10-23)29(25-11-7-4-8-12-25)26-19-15-22(2)16-20-26/h3-20H,1-2H3.